The molecule has 60 valence electrons. The topological polar surface area (TPSA) is 29.1 Å². The maximum atomic E-state index is 10.7. The first-order chi connectivity index (χ1) is 4.18. The standard InChI is InChI=1S/C7H13NO.HI/c1-4-5-8-7(9)6(2)3;/h2,4-5H2,1,3H3,(H,8,9);1H. The van der Waals surface area contributed by atoms with E-state index < -0.39 is 0 Å². The lowest BCUT2D eigenvalue weighted by Crippen LogP contribution is -2.24. The summed E-state index contributed by atoms with van der Waals surface area (Å²) in [6.07, 6.45) is 0.971. The molecule has 10 heavy (non-hydrogen) atoms. The van der Waals surface area contributed by atoms with Crippen molar-refractivity contribution in [2.24, 2.45) is 0 Å². The van der Waals surface area contributed by atoms with Crippen LogP contribution in [-0.2, 0) is 4.79 Å². The highest BCUT2D eigenvalue weighted by Crippen LogP contribution is 1.84. The quantitative estimate of drug-likeness (QED) is 0.603. The lowest BCUT2D eigenvalue weighted by molar-refractivity contribution is -0.117. The van der Waals surface area contributed by atoms with Crippen LogP contribution in [0, 0.1) is 0 Å². The summed E-state index contributed by atoms with van der Waals surface area (Å²) in [4.78, 5) is 10.7. The Morgan fingerprint density at radius 2 is 2.10 bits per heavy atom. The second kappa shape index (κ2) is 7.05. The van der Waals surface area contributed by atoms with Gasteiger partial charge in [0.2, 0.25) is 5.91 Å². The van der Waals surface area contributed by atoms with Gasteiger partial charge < -0.3 is 5.32 Å². The summed E-state index contributed by atoms with van der Waals surface area (Å²) >= 11 is 0. The lowest BCUT2D eigenvalue weighted by Gasteiger charge is -1.99. The summed E-state index contributed by atoms with van der Waals surface area (Å²) in [5, 5.41) is 2.69. The van der Waals surface area contributed by atoms with Crippen molar-refractivity contribution < 1.29 is 4.79 Å². The Kier molecular flexibility index (Phi) is 8.89. The van der Waals surface area contributed by atoms with Crippen LogP contribution in [0.2, 0.25) is 0 Å². The number of carbonyl (C=O) groups excluding carboxylic acids is 1. The van der Waals surface area contributed by atoms with Crippen molar-refractivity contribution in [1.29, 1.82) is 0 Å². The maximum Gasteiger partial charge on any atom is 0.246 e. The zero-order valence-electron chi connectivity index (χ0n) is 6.44. The van der Waals surface area contributed by atoms with Gasteiger partial charge in [-0.2, -0.15) is 0 Å². The first-order valence-electron chi connectivity index (χ1n) is 3.12. The molecule has 0 saturated heterocycles. The molecule has 0 radical (unpaired) electrons. The highest BCUT2D eigenvalue weighted by Gasteiger charge is 1.96. The van der Waals surface area contributed by atoms with Crippen LogP contribution in [0.1, 0.15) is 20.3 Å². The van der Waals surface area contributed by atoms with Crippen molar-refractivity contribution in [3.05, 3.63) is 12.2 Å². The average Bonchev–Trinajstić information content (AvgIpc) is 1.82. The van der Waals surface area contributed by atoms with E-state index >= 15 is 0 Å². The van der Waals surface area contributed by atoms with Gasteiger partial charge in [-0.05, 0) is 13.3 Å². The summed E-state index contributed by atoms with van der Waals surface area (Å²) in [5.74, 6) is -0.0446. The van der Waals surface area contributed by atoms with Crippen molar-refractivity contribution in [2.75, 3.05) is 6.54 Å². The molecule has 0 fully saturated rings. The van der Waals surface area contributed by atoms with Gasteiger partial charge in [-0.25, -0.2) is 0 Å². The SMILES string of the molecule is C=C(C)C(=O)NCCC.I. The van der Waals surface area contributed by atoms with E-state index in [4.69, 9.17) is 0 Å². The normalized spacial score (nSPS) is 7.80. The zero-order chi connectivity index (χ0) is 7.28. The molecule has 0 spiro atoms. The molecule has 0 atom stereocenters. The molecule has 2 nitrogen and oxygen atoms in total. The number of hydrogen-bond donors (Lipinski definition) is 1. The Morgan fingerprint density at radius 1 is 1.60 bits per heavy atom. The van der Waals surface area contributed by atoms with E-state index in [1.165, 1.54) is 0 Å². The van der Waals surface area contributed by atoms with Gasteiger partial charge in [0, 0.05) is 12.1 Å². The largest absolute Gasteiger partial charge is 0.352 e. The third-order valence-corrected chi connectivity index (χ3v) is 0.923. The fraction of sp³-hybridized carbons (Fsp3) is 0.571. The van der Waals surface area contributed by atoms with E-state index in [-0.39, 0.29) is 29.9 Å². The molecule has 0 aromatic heterocycles. The van der Waals surface area contributed by atoms with E-state index in [1.54, 1.807) is 6.92 Å². The number of nitrogens with one attached hydrogen (secondary N) is 1. The summed E-state index contributed by atoms with van der Waals surface area (Å²) in [7, 11) is 0. The Bertz CT molecular complexity index is 123. The molecule has 0 aliphatic carbocycles. The first kappa shape index (κ1) is 12.6. The van der Waals surface area contributed by atoms with Gasteiger partial charge in [-0.3, -0.25) is 4.79 Å². The number of rotatable bonds is 3. The molecule has 0 aliphatic rings. The average molecular weight is 255 g/mol. The fourth-order valence-electron chi connectivity index (χ4n) is 0.389. The highest BCUT2D eigenvalue weighted by atomic mass is 127. The van der Waals surface area contributed by atoms with Gasteiger partial charge in [-0.1, -0.05) is 13.5 Å². The predicted molar refractivity (Wildman–Crippen MR) is 53.5 cm³/mol. The minimum absolute atomic E-state index is 0. The molecular weight excluding hydrogens is 241 g/mol. The van der Waals surface area contributed by atoms with Crippen LogP contribution < -0.4 is 5.32 Å². The van der Waals surface area contributed by atoms with Gasteiger partial charge in [0.25, 0.3) is 0 Å². The molecule has 0 rings (SSSR count). The monoisotopic (exact) mass is 255 g/mol. The number of halogens is 1. The summed E-state index contributed by atoms with van der Waals surface area (Å²) < 4.78 is 0. The molecule has 1 N–H and O–H groups in total. The van der Waals surface area contributed by atoms with Crippen LogP contribution in [-0.4, -0.2) is 12.5 Å². The summed E-state index contributed by atoms with van der Waals surface area (Å²) in [5.41, 5.74) is 0.573. The molecule has 0 bridgehead atoms. The number of hydrogen-bond acceptors (Lipinski definition) is 1. The van der Waals surface area contributed by atoms with Gasteiger partial charge in [-0.15, -0.1) is 24.0 Å². The van der Waals surface area contributed by atoms with E-state index in [0.717, 1.165) is 13.0 Å². The molecule has 0 heterocycles. The third-order valence-electron chi connectivity index (χ3n) is 0.923. The first-order valence-corrected chi connectivity index (χ1v) is 3.12. The number of carbonyl (C=O) groups is 1. The van der Waals surface area contributed by atoms with Crippen molar-refractivity contribution >= 4 is 29.9 Å². The summed E-state index contributed by atoms with van der Waals surface area (Å²) in [6.45, 7) is 7.95. The van der Waals surface area contributed by atoms with E-state index in [1.807, 2.05) is 6.92 Å². The Hall–Kier alpha value is -0.0600. The lowest BCUT2D eigenvalue weighted by atomic mass is 10.3. The molecule has 0 aromatic carbocycles. The molecule has 0 saturated carbocycles. The van der Waals surface area contributed by atoms with Crippen LogP contribution in [0.5, 0.6) is 0 Å². The molecular formula is C7H14INO. The minimum Gasteiger partial charge on any atom is -0.352 e. The molecule has 3 heteroatoms. The van der Waals surface area contributed by atoms with Crippen LogP contribution in [0.3, 0.4) is 0 Å². The Morgan fingerprint density at radius 3 is 2.40 bits per heavy atom. The van der Waals surface area contributed by atoms with Crippen molar-refractivity contribution in [2.45, 2.75) is 20.3 Å². The fourth-order valence-corrected chi connectivity index (χ4v) is 0.389. The third kappa shape index (κ3) is 6.07. The van der Waals surface area contributed by atoms with E-state index in [2.05, 4.69) is 11.9 Å². The maximum absolute atomic E-state index is 10.7. The van der Waals surface area contributed by atoms with Crippen LogP contribution in [0.4, 0.5) is 0 Å². The zero-order valence-corrected chi connectivity index (χ0v) is 8.77. The van der Waals surface area contributed by atoms with Gasteiger partial charge in [0.05, 0.1) is 0 Å². The van der Waals surface area contributed by atoms with Crippen LogP contribution in [0.15, 0.2) is 12.2 Å². The summed E-state index contributed by atoms with van der Waals surface area (Å²) in [6, 6.07) is 0. The van der Waals surface area contributed by atoms with Crippen LogP contribution >= 0.6 is 24.0 Å². The van der Waals surface area contributed by atoms with Gasteiger partial charge in [0.15, 0.2) is 0 Å². The smallest absolute Gasteiger partial charge is 0.246 e. The molecule has 0 unspecified atom stereocenters. The highest BCUT2D eigenvalue weighted by molar-refractivity contribution is 14.0. The Labute approximate surface area is 79.1 Å². The van der Waals surface area contributed by atoms with Crippen LogP contribution in [0.25, 0.3) is 0 Å². The second-order valence-corrected chi connectivity index (χ2v) is 2.04. The molecule has 0 aromatic rings. The Balaban J connectivity index is 0. The second-order valence-electron chi connectivity index (χ2n) is 2.04. The predicted octanol–water partition coefficient (Wildman–Crippen LogP) is 1.71. The van der Waals surface area contributed by atoms with Gasteiger partial charge >= 0.3 is 0 Å². The van der Waals surface area contributed by atoms with Gasteiger partial charge in [0.1, 0.15) is 0 Å². The number of amides is 1. The molecule has 0 aliphatic heterocycles. The van der Waals surface area contributed by atoms with Crippen molar-refractivity contribution in [3.63, 3.8) is 0 Å². The van der Waals surface area contributed by atoms with E-state index in [9.17, 15) is 4.79 Å². The van der Waals surface area contributed by atoms with E-state index in [0.29, 0.717) is 5.57 Å². The van der Waals surface area contributed by atoms with Crippen molar-refractivity contribution in [3.8, 4) is 0 Å². The minimum atomic E-state index is -0.0446. The van der Waals surface area contributed by atoms with Crippen molar-refractivity contribution in [1.82, 2.24) is 5.32 Å². The molecule has 1 amide bonds.